The van der Waals surface area contributed by atoms with E-state index in [1.807, 2.05) is 64.8 Å². The van der Waals surface area contributed by atoms with Crippen molar-refractivity contribution in [3.63, 3.8) is 0 Å². The number of carbonyl (C=O) groups is 1. The van der Waals surface area contributed by atoms with Gasteiger partial charge in [-0.1, -0.05) is 0 Å². The summed E-state index contributed by atoms with van der Waals surface area (Å²) < 4.78 is 5.25. The number of nitrogens with zero attached hydrogens (tertiary/aromatic N) is 7. The fourth-order valence-corrected chi connectivity index (χ4v) is 6.09. The number of carbonyl (C=O) groups excluding carboxylic acids is 1. The minimum atomic E-state index is -1.03. The number of hydrogen-bond donors (Lipinski definition) is 0. The van der Waals surface area contributed by atoms with E-state index in [9.17, 15) is 4.79 Å². The Hall–Kier alpha value is -3.61. The normalized spacial score (nSPS) is 21.5. The van der Waals surface area contributed by atoms with Gasteiger partial charge >= 0.3 is 196 Å². The molecule has 0 saturated heterocycles. The van der Waals surface area contributed by atoms with Crippen LogP contribution in [-0.2, 0) is 11.4 Å². The van der Waals surface area contributed by atoms with Crippen molar-refractivity contribution in [3.8, 4) is 11.5 Å². The summed E-state index contributed by atoms with van der Waals surface area (Å²) in [4.78, 5) is 23.8. The second-order valence-corrected chi connectivity index (χ2v) is 9.35. The number of aryl methyl sites for hydroxylation is 2. The van der Waals surface area contributed by atoms with E-state index in [0.717, 1.165) is 16.9 Å². The van der Waals surface area contributed by atoms with Crippen molar-refractivity contribution in [1.29, 1.82) is 0 Å². The van der Waals surface area contributed by atoms with Gasteiger partial charge < -0.3 is 0 Å². The quantitative estimate of drug-likeness (QED) is 0.442. The number of Topliss-reactive ketones (excluding diaryl/α,β-unsaturated/α-hetero) is 1. The number of rotatable bonds is 4. The number of benzene rings is 1. The molecule has 10 heteroatoms. The van der Waals surface area contributed by atoms with Crippen LogP contribution in [0.15, 0.2) is 66.5 Å². The van der Waals surface area contributed by atoms with E-state index in [1.54, 1.807) is 11.0 Å². The van der Waals surface area contributed by atoms with Gasteiger partial charge in [0.05, 0.1) is 0 Å². The molecule has 5 heterocycles. The van der Waals surface area contributed by atoms with Crippen LogP contribution in [0.2, 0.25) is 4.78 Å². The number of ketones is 1. The van der Waals surface area contributed by atoms with Gasteiger partial charge in [-0.3, -0.25) is 0 Å². The van der Waals surface area contributed by atoms with Crippen LogP contribution < -0.4 is 0 Å². The third-order valence-electron chi connectivity index (χ3n) is 6.44. The number of para-hydroxylation sites is 1. The molecule has 0 aliphatic carbocycles. The summed E-state index contributed by atoms with van der Waals surface area (Å²) in [5.74, 6) is 0.675. The molecule has 0 bridgehead atoms. The molecular weight excluding hydrogens is 433 g/mol. The molecule has 6 rings (SSSR count). The number of hydrogen-bond acceptors (Lipinski definition) is 6. The zero-order valence-corrected chi connectivity index (χ0v) is 19.2. The topological polar surface area (TPSA) is 92.1 Å². The van der Waals surface area contributed by atoms with E-state index >= 15 is 0 Å². The van der Waals surface area contributed by atoms with Crippen LogP contribution in [0, 0.1) is 6.92 Å². The van der Waals surface area contributed by atoms with E-state index in [1.165, 1.54) is 6.33 Å². The van der Waals surface area contributed by atoms with E-state index in [4.69, 9.17) is 9.94 Å². The molecule has 2 aliphatic rings. The molecule has 0 radical (unpaired) electrons. The Kier molecular flexibility index (Phi) is 4.54. The Morgan fingerprint density at radius 1 is 1.21 bits per heavy atom. The van der Waals surface area contributed by atoms with Crippen LogP contribution in [0.5, 0.6) is 0 Å². The Labute approximate surface area is 195 Å². The Morgan fingerprint density at radius 3 is 2.82 bits per heavy atom. The maximum atomic E-state index is 13.6. The van der Waals surface area contributed by atoms with E-state index in [2.05, 4.69) is 20.6 Å². The average molecular weight is 453 g/mol. The van der Waals surface area contributed by atoms with Crippen molar-refractivity contribution in [2.24, 2.45) is 5.16 Å². The molecule has 1 aromatic carbocycles. The molecule has 4 aromatic rings. The Morgan fingerprint density at radius 2 is 2.06 bits per heavy atom. The van der Waals surface area contributed by atoms with Crippen molar-refractivity contribution in [1.82, 2.24) is 29.1 Å². The predicted octanol–water partition coefficient (Wildman–Crippen LogP) is 2.25. The van der Waals surface area contributed by atoms with E-state index in [-0.39, 0.29) is 10.6 Å². The summed E-state index contributed by atoms with van der Waals surface area (Å²) in [7, 11) is 0. The van der Waals surface area contributed by atoms with Crippen molar-refractivity contribution in [2.75, 3.05) is 0 Å². The van der Waals surface area contributed by atoms with Crippen LogP contribution in [0.1, 0.15) is 28.2 Å². The Bertz CT molecular complexity index is 1400. The molecule has 2 aliphatic heterocycles. The standard InChI is InChI=1S/C22H18N7O2.CH2.Al/c1-15-19(17-12-22(31-26-17)9-11-27-10-5-8-18(27)20(22)30)21(28-14-23-13-24-28)29(25-15)16-6-3-2-4-7-16;;/h2-8,10,12-14H,9,11H2,1H3;1H2;. The summed E-state index contributed by atoms with van der Waals surface area (Å²) in [5.41, 5.74) is 2.80. The summed E-state index contributed by atoms with van der Waals surface area (Å²) in [6.07, 6.45) is 5.60. The zero-order chi connectivity index (χ0) is 22.6. The van der Waals surface area contributed by atoms with Gasteiger partial charge in [0.25, 0.3) is 0 Å². The molecule has 162 valence electrons. The molecule has 0 amide bonds. The second-order valence-electron chi connectivity index (χ2n) is 8.21. The predicted molar refractivity (Wildman–Crippen MR) is 124 cm³/mol. The fraction of sp³-hybridized carbons (Fsp3) is 0.217. The zero-order valence-electron chi connectivity index (χ0n) is 18.0. The summed E-state index contributed by atoms with van der Waals surface area (Å²) in [5, 5.41) is 18.0. The molecular formula is C23H20AlN7O2. The molecule has 0 saturated carbocycles. The molecule has 1 spiro atoms. The van der Waals surface area contributed by atoms with Crippen molar-refractivity contribution in [3.05, 3.63) is 78.3 Å². The van der Waals surface area contributed by atoms with E-state index in [0.29, 0.717) is 30.2 Å². The monoisotopic (exact) mass is 453 g/mol. The van der Waals surface area contributed by atoms with Crippen molar-refractivity contribution in [2.45, 2.75) is 30.3 Å². The first-order valence-electron chi connectivity index (χ1n) is 10.7. The van der Waals surface area contributed by atoms with Crippen LogP contribution in [-0.4, -0.2) is 66.4 Å². The third-order valence-corrected chi connectivity index (χ3v) is 7.76. The van der Waals surface area contributed by atoms with Crippen LogP contribution in [0.3, 0.4) is 0 Å². The molecule has 9 nitrogen and oxygen atoms in total. The van der Waals surface area contributed by atoms with Gasteiger partial charge in [0.15, 0.2) is 0 Å². The molecule has 3 aromatic heterocycles. The third kappa shape index (κ3) is 2.84. The molecule has 2 unspecified atom stereocenters. The van der Waals surface area contributed by atoms with Crippen LogP contribution in [0.25, 0.3) is 11.5 Å². The number of fused-ring (bicyclic) bond motifs is 1. The molecule has 0 N–H and O–H groups in total. The summed E-state index contributed by atoms with van der Waals surface area (Å²) >= 11 is -0.410. The van der Waals surface area contributed by atoms with Gasteiger partial charge in [-0.25, -0.2) is 0 Å². The number of oxime groups is 1. The first-order chi connectivity index (χ1) is 16.1. The van der Waals surface area contributed by atoms with Gasteiger partial charge in [0.1, 0.15) is 0 Å². The van der Waals surface area contributed by atoms with Crippen molar-refractivity contribution >= 4 is 31.7 Å². The SMILES string of the molecule is [CH2]=[Al][CH]1C(c2c(C)nn(-c3ccccc3)c2-n2cncn2)=NOC12CCn1cccc1C2=O. The van der Waals surface area contributed by atoms with Crippen LogP contribution >= 0.6 is 0 Å². The van der Waals surface area contributed by atoms with Gasteiger partial charge in [-0.05, 0) is 0 Å². The van der Waals surface area contributed by atoms with Gasteiger partial charge in [-0.15, -0.1) is 0 Å². The van der Waals surface area contributed by atoms with E-state index < -0.39 is 20.4 Å². The molecule has 33 heavy (non-hydrogen) atoms. The Balaban J connectivity index is 1.52. The average Bonchev–Trinajstić information content (AvgIpc) is 3.62. The second kappa shape index (κ2) is 7.47. The minimum absolute atomic E-state index is 0.0333. The fourth-order valence-electron chi connectivity index (χ4n) is 4.88. The first kappa shape index (κ1) is 20.0. The van der Waals surface area contributed by atoms with Gasteiger partial charge in [0, 0.05) is 0 Å². The van der Waals surface area contributed by atoms with Gasteiger partial charge in [0.2, 0.25) is 0 Å². The van der Waals surface area contributed by atoms with Crippen LogP contribution in [0.4, 0.5) is 0 Å². The molecule has 0 fully saturated rings. The maximum absolute atomic E-state index is 13.6. The molecule has 2 atom stereocenters. The first-order valence-corrected chi connectivity index (χ1v) is 12.2. The van der Waals surface area contributed by atoms with Gasteiger partial charge in [-0.2, -0.15) is 0 Å². The van der Waals surface area contributed by atoms with Crippen molar-refractivity contribution < 1.29 is 9.63 Å². The summed E-state index contributed by atoms with van der Waals surface area (Å²) in [6, 6.07) is 13.6. The summed E-state index contributed by atoms with van der Waals surface area (Å²) in [6.45, 7) is 2.64. The number of aromatic nitrogens is 6.